The van der Waals surface area contributed by atoms with Crippen molar-refractivity contribution >= 4 is 11.8 Å². The number of nitrogens with zero attached hydrogens (tertiary/aromatic N) is 2. The summed E-state index contributed by atoms with van der Waals surface area (Å²) in [7, 11) is 2.92. The van der Waals surface area contributed by atoms with Gasteiger partial charge < -0.3 is 26.0 Å². The predicted octanol–water partition coefficient (Wildman–Crippen LogP) is -1.15. The van der Waals surface area contributed by atoms with Gasteiger partial charge in [-0.3, -0.25) is 0 Å². The van der Waals surface area contributed by atoms with Gasteiger partial charge in [0.2, 0.25) is 0 Å². The first-order valence-corrected chi connectivity index (χ1v) is 5.72. The highest BCUT2D eigenvalue weighted by molar-refractivity contribution is 5.91. The van der Waals surface area contributed by atoms with Crippen LogP contribution in [0.4, 0.5) is 5.82 Å². The van der Waals surface area contributed by atoms with E-state index in [0.717, 1.165) is 0 Å². The number of aliphatic hydroxyl groups is 2. The summed E-state index contributed by atoms with van der Waals surface area (Å²) in [6, 6.07) is 0. The summed E-state index contributed by atoms with van der Waals surface area (Å²) in [6.07, 6.45) is -0.715. The third-order valence-electron chi connectivity index (χ3n) is 2.56. The molecule has 0 saturated carbocycles. The molecule has 8 heteroatoms. The minimum Gasteiger partial charge on any atom is -0.464 e. The summed E-state index contributed by atoms with van der Waals surface area (Å²) in [4.78, 5) is 19.0. The number of hydrogen-bond donors (Lipinski definition) is 4. The van der Waals surface area contributed by atoms with E-state index < -0.39 is 18.2 Å². The van der Waals surface area contributed by atoms with Crippen molar-refractivity contribution in [3.8, 4) is 0 Å². The van der Waals surface area contributed by atoms with Gasteiger partial charge in [0.15, 0.2) is 11.5 Å². The Morgan fingerprint density at radius 2 is 2.26 bits per heavy atom. The van der Waals surface area contributed by atoms with Crippen LogP contribution >= 0.6 is 0 Å². The van der Waals surface area contributed by atoms with Crippen molar-refractivity contribution in [2.24, 2.45) is 0 Å². The van der Waals surface area contributed by atoms with Crippen molar-refractivity contribution in [3.63, 3.8) is 0 Å². The minimum atomic E-state index is -1.25. The second-order valence-corrected chi connectivity index (χ2v) is 3.92. The Labute approximate surface area is 110 Å². The minimum absolute atomic E-state index is 0.0678. The highest BCUT2D eigenvalue weighted by Gasteiger charge is 2.22. The van der Waals surface area contributed by atoms with Crippen LogP contribution in [0.3, 0.4) is 0 Å². The van der Waals surface area contributed by atoms with E-state index in [-0.39, 0.29) is 17.2 Å². The van der Waals surface area contributed by atoms with E-state index in [4.69, 9.17) is 5.73 Å². The van der Waals surface area contributed by atoms with Gasteiger partial charge in [0.05, 0.1) is 25.1 Å². The number of aliphatic hydroxyl groups excluding tert-OH is 2. The molecule has 1 heterocycles. The fourth-order valence-electron chi connectivity index (χ4n) is 1.45. The van der Waals surface area contributed by atoms with Crippen LogP contribution in [0.5, 0.6) is 0 Å². The smallest absolute Gasteiger partial charge is 0.360 e. The number of carbonyl (C=O) groups is 1. The highest BCUT2D eigenvalue weighted by Crippen LogP contribution is 2.18. The number of anilines is 1. The lowest BCUT2D eigenvalue weighted by molar-refractivity contribution is 0.0111. The van der Waals surface area contributed by atoms with Gasteiger partial charge in [-0.25, -0.2) is 14.8 Å². The molecular formula is C11H18N4O4. The van der Waals surface area contributed by atoms with E-state index in [1.54, 1.807) is 7.05 Å². The second-order valence-electron chi connectivity index (χ2n) is 3.92. The molecule has 0 radical (unpaired) electrons. The van der Waals surface area contributed by atoms with Crippen LogP contribution in [-0.2, 0) is 4.74 Å². The average Bonchev–Trinajstić information content (AvgIpc) is 2.43. The van der Waals surface area contributed by atoms with Crippen molar-refractivity contribution in [2.75, 3.05) is 26.4 Å². The fraction of sp³-hybridized carbons (Fsp3) is 0.545. The second kappa shape index (κ2) is 6.98. The number of nitrogens with two attached hydrogens (primary N) is 1. The van der Waals surface area contributed by atoms with Gasteiger partial charge in [0.25, 0.3) is 0 Å². The zero-order valence-electron chi connectivity index (χ0n) is 10.8. The lowest BCUT2D eigenvalue weighted by Gasteiger charge is -2.17. The zero-order chi connectivity index (χ0) is 14.4. The molecule has 2 atom stereocenters. The van der Waals surface area contributed by atoms with Gasteiger partial charge in [0, 0.05) is 0 Å². The number of nitrogen functional groups attached to an aromatic ring is 1. The monoisotopic (exact) mass is 270 g/mol. The molecule has 0 bridgehead atoms. The van der Waals surface area contributed by atoms with Crippen LogP contribution < -0.4 is 11.1 Å². The van der Waals surface area contributed by atoms with Crippen LogP contribution in [0.15, 0.2) is 6.20 Å². The molecule has 0 aliphatic carbocycles. The van der Waals surface area contributed by atoms with Gasteiger partial charge in [-0.2, -0.15) is 0 Å². The SMILES string of the molecule is CNCCC(O)C(O)c1cnc(N)c(C(=O)OC)n1. The zero-order valence-corrected chi connectivity index (χ0v) is 10.8. The van der Waals surface area contributed by atoms with Gasteiger partial charge >= 0.3 is 5.97 Å². The molecule has 0 fully saturated rings. The van der Waals surface area contributed by atoms with Crippen LogP contribution in [-0.4, -0.2) is 53.0 Å². The first-order valence-electron chi connectivity index (χ1n) is 5.72. The Kier molecular flexibility index (Phi) is 5.61. The van der Waals surface area contributed by atoms with E-state index in [9.17, 15) is 15.0 Å². The summed E-state index contributed by atoms with van der Waals surface area (Å²) in [5, 5.41) is 22.5. The molecule has 0 amide bonds. The van der Waals surface area contributed by atoms with Crippen LogP contribution in [0.25, 0.3) is 0 Å². The highest BCUT2D eigenvalue weighted by atomic mass is 16.5. The van der Waals surface area contributed by atoms with E-state index in [0.29, 0.717) is 13.0 Å². The quantitative estimate of drug-likeness (QED) is 0.477. The number of hydrogen-bond acceptors (Lipinski definition) is 8. The molecule has 106 valence electrons. The summed E-state index contributed by atoms with van der Waals surface area (Å²) in [5.74, 6) is -0.837. The topological polar surface area (TPSA) is 131 Å². The molecule has 0 spiro atoms. The van der Waals surface area contributed by atoms with E-state index in [2.05, 4.69) is 20.0 Å². The average molecular weight is 270 g/mol. The first kappa shape index (κ1) is 15.3. The molecule has 0 aliphatic rings. The summed E-state index contributed by atoms with van der Waals surface area (Å²) < 4.78 is 4.50. The van der Waals surface area contributed by atoms with Gasteiger partial charge in [-0.05, 0) is 20.0 Å². The largest absolute Gasteiger partial charge is 0.464 e. The summed E-state index contributed by atoms with van der Waals surface area (Å²) >= 11 is 0. The lowest BCUT2D eigenvalue weighted by atomic mass is 10.1. The summed E-state index contributed by atoms with van der Waals surface area (Å²) in [6.45, 7) is 0.532. The molecule has 1 aromatic rings. The molecular weight excluding hydrogens is 252 g/mol. The van der Waals surface area contributed by atoms with Crippen molar-refractivity contribution in [3.05, 3.63) is 17.6 Å². The number of ether oxygens (including phenoxy) is 1. The standard InChI is InChI=1S/C11H18N4O4/c1-13-4-3-7(16)9(17)6-5-14-10(12)8(15-6)11(18)19-2/h5,7,9,13,16-17H,3-4H2,1-2H3,(H2,12,14). The Balaban J connectivity index is 2.92. The van der Waals surface area contributed by atoms with Crippen LogP contribution in [0, 0.1) is 0 Å². The molecule has 0 aliphatic heterocycles. The summed E-state index contributed by atoms with van der Waals surface area (Å²) in [5.41, 5.74) is 5.38. The van der Waals surface area contributed by atoms with Gasteiger partial charge in [0.1, 0.15) is 6.10 Å². The van der Waals surface area contributed by atoms with Crippen molar-refractivity contribution in [1.82, 2.24) is 15.3 Å². The van der Waals surface area contributed by atoms with E-state index in [1.807, 2.05) is 0 Å². The van der Waals surface area contributed by atoms with Gasteiger partial charge in [-0.15, -0.1) is 0 Å². The van der Waals surface area contributed by atoms with Gasteiger partial charge in [-0.1, -0.05) is 0 Å². The number of carbonyl (C=O) groups excluding carboxylic acids is 1. The van der Waals surface area contributed by atoms with Crippen LogP contribution in [0.2, 0.25) is 0 Å². The molecule has 5 N–H and O–H groups in total. The third-order valence-corrected chi connectivity index (χ3v) is 2.56. The Morgan fingerprint density at radius 3 is 2.84 bits per heavy atom. The number of rotatable bonds is 6. The number of esters is 1. The maximum Gasteiger partial charge on any atom is 0.360 e. The number of methoxy groups -OCH3 is 1. The van der Waals surface area contributed by atoms with E-state index >= 15 is 0 Å². The number of nitrogens with one attached hydrogen (secondary N) is 1. The molecule has 1 rings (SSSR count). The Morgan fingerprint density at radius 1 is 1.58 bits per heavy atom. The lowest BCUT2D eigenvalue weighted by Crippen LogP contribution is -2.25. The predicted molar refractivity (Wildman–Crippen MR) is 67.3 cm³/mol. The van der Waals surface area contributed by atoms with Crippen molar-refractivity contribution in [2.45, 2.75) is 18.6 Å². The maximum absolute atomic E-state index is 11.4. The normalized spacial score (nSPS) is 13.9. The molecule has 1 aromatic heterocycles. The van der Waals surface area contributed by atoms with Crippen molar-refractivity contribution in [1.29, 1.82) is 0 Å². The maximum atomic E-state index is 11.4. The Hall–Kier alpha value is -1.77. The third kappa shape index (κ3) is 3.85. The molecule has 19 heavy (non-hydrogen) atoms. The first-order chi connectivity index (χ1) is 9.01. The molecule has 0 aromatic carbocycles. The number of aromatic nitrogens is 2. The Bertz CT molecular complexity index is 441. The molecule has 8 nitrogen and oxygen atoms in total. The molecule has 2 unspecified atom stereocenters. The van der Waals surface area contributed by atoms with E-state index in [1.165, 1.54) is 13.3 Å². The van der Waals surface area contributed by atoms with Crippen molar-refractivity contribution < 1.29 is 19.7 Å². The molecule has 0 saturated heterocycles. The fourth-order valence-corrected chi connectivity index (χ4v) is 1.45. The van der Waals surface area contributed by atoms with Crippen LogP contribution in [0.1, 0.15) is 28.7 Å².